The van der Waals surface area contributed by atoms with Crippen molar-refractivity contribution in [3.63, 3.8) is 0 Å². The Morgan fingerprint density at radius 2 is 1.49 bits per heavy atom. The van der Waals surface area contributed by atoms with Gasteiger partial charge in [0.15, 0.2) is 12.6 Å². The van der Waals surface area contributed by atoms with Crippen molar-refractivity contribution in [2.75, 3.05) is 6.61 Å². The first-order valence-electron chi connectivity index (χ1n) is 15.9. The standard InChI is InChI=1S/C32H56O11/c1-8-30(5,14-10-20-31(6)13-9-12-29(4,16-33)19(31)11-15-32(20,7)39)43-28-26(24(37)22(35)18(3)41-28)42-27-25(38)23(36)21(34)17(2)40-27/h8,17-28,33-39H,1,9-16H2,2-7H3/t17-,18+,19-,20+,21-,22+,23+,24-,25-,26-,27+,28+,29+,30+,31-,32-/m1/s1. The largest absolute Gasteiger partial charge is 0.396 e. The van der Waals surface area contributed by atoms with Crippen LogP contribution in [-0.4, -0.2) is 115 Å². The highest BCUT2D eigenvalue weighted by Gasteiger charge is 2.59. The summed E-state index contributed by atoms with van der Waals surface area (Å²) in [4.78, 5) is 0. The Kier molecular flexibility index (Phi) is 10.5. The fraction of sp³-hybridized carbons (Fsp3) is 0.938. The van der Waals surface area contributed by atoms with Crippen LogP contribution in [0.15, 0.2) is 12.7 Å². The first-order chi connectivity index (χ1) is 19.9. The quantitative estimate of drug-likeness (QED) is 0.186. The van der Waals surface area contributed by atoms with Crippen molar-refractivity contribution in [2.45, 2.75) is 159 Å². The van der Waals surface area contributed by atoms with Crippen molar-refractivity contribution < 1.29 is 54.7 Å². The molecule has 43 heavy (non-hydrogen) atoms. The van der Waals surface area contributed by atoms with Crippen LogP contribution in [0.4, 0.5) is 0 Å². The molecule has 2 saturated heterocycles. The lowest BCUT2D eigenvalue weighted by Gasteiger charge is -2.62. The Labute approximate surface area is 255 Å². The Balaban J connectivity index is 1.54. The van der Waals surface area contributed by atoms with Gasteiger partial charge in [-0.25, -0.2) is 0 Å². The monoisotopic (exact) mass is 616 g/mol. The SMILES string of the molecule is C=C[C@@](C)(CC[C@H]1[C@]2(C)CCC[C@@](C)(CO)[C@H]2CC[C@@]1(C)O)O[C@@H]1O[C@@H](C)[C@H](O)[C@@H](O)[C@H]1O[C@@H]1O[C@H](C)[C@@H](O)[C@H](O)[C@H]1O. The zero-order valence-electron chi connectivity index (χ0n) is 26.6. The number of ether oxygens (including phenoxy) is 4. The first-order valence-corrected chi connectivity index (χ1v) is 15.9. The molecule has 7 N–H and O–H groups in total. The van der Waals surface area contributed by atoms with Gasteiger partial charge in [-0.2, -0.15) is 0 Å². The second kappa shape index (κ2) is 12.8. The van der Waals surface area contributed by atoms with E-state index >= 15 is 0 Å². The summed E-state index contributed by atoms with van der Waals surface area (Å²) in [6.07, 6.45) is -5.80. The van der Waals surface area contributed by atoms with E-state index in [0.717, 1.165) is 25.7 Å². The van der Waals surface area contributed by atoms with Crippen LogP contribution in [-0.2, 0) is 18.9 Å². The summed E-state index contributed by atoms with van der Waals surface area (Å²) in [7, 11) is 0. The van der Waals surface area contributed by atoms with Gasteiger partial charge < -0.3 is 54.7 Å². The van der Waals surface area contributed by atoms with Crippen molar-refractivity contribution in [2.24, 2.45) is 22.7 Å². The van der Waals surface area contributed by atoms with Crippen LogP contribution in [0.2, 0.25) is 0 Å². The lowest BCUT2D eigenvalue weighted by atomic mass is 9.44. The molecule has 0 amide bonds. The van der Waals surface area contributed by atoms with E-state index in [0.29, 0.717) is 19.3 Å². The Hall–Kier alpha value is -0.700. The molecule has 4 fully saturated rings. The second-order valence-corrected chi connectivity index (χ2v) is 14.8. The summed E-state index contributed by atoms with van der Waals surface area (Å²) in [5.74, 6) is 0.202. The fourth-order valence-electron chi connectivity index (χ4n) is 8.69. The van der Waals surface area contributed by atoms with Crippen LogP contribution in [0.25, 0.3) is 0 Å². The molecule has 0 aromatic rings. The molecule has 0 aromatic carbocycles. The molecule has 4 aliphatic rings. The molecule has 2 saturated carbocycles. The third-order valence-electron chi connectivity index (χ3n) is 11.6. The Morgan fingerprint density at radius 1 is 0.884 bits per heavy atom. The van der Waals surface area contributed by atoms with Crippen LogP contribution in [0.1, 0.15) is 86.5 Å². The molecular formula is C32H56O11. The van der Waals surface area contributed by atoms with Gasteiger partial charge in [-0.3, -0.25) is 0 Å². The predicted octanol–water partition coefficient (Wildman–Crippen LogP) is 1.37. The van der Waals surface area contributed by atoms with Crippen molar-refractivity contribution in [1.29, 1.82) is 0 Å². The molecule has 2 aliphatic carbocycles. The van der Waals surface area contributed by atoms with Crippen LogP contribution in [0.3, 0.4) is 0 Å². The Bertz CT molecular complexity index is 964. The first kappa shape index (κ1) is 35.2. The second-order valence-electron chi connectivity index (χ2n) is 14.8. The van der Waals surface area contributed by atoms with Gasteiger partial charge in [0.05, 0.1) is 23.4 Å². The number of hydrogen-bond donors (Lipinski definition) is 7. The smallest absolute Gasteiger partial charge is 0.187 e. The molecule has 0 radical (unpaired) electrons. The third kappa shape index (κ3) is 6.60. The van der Waals surface area contributed by atoms with Gasteiger partial charge in [0.25, 0.3) is 0 Å². The van der Waals surface area contributed by atoms with E-state index in [1.54, 1.807) is 13.0 Å². The fourth-order valence-corrected chi connectivity index (χ4v) is 8.69. The van der Waals surface area contributed by atoms with Gasteiger partial charge in [-0.1, -0.05) is 26.3 Å². The summed E-state index contributed by atoms with van der Waals surface area (Å²) in [6, 6.07) is 0. The number of aliphatic hydroxyl groups excluding tert-OH is 6. The molecule has 250 valence electrons. The zero-order valence-corrected chi connectivity index (χ0v) is 26.6. The molecule has 2 heterocycles. The maximum atomic E-state index is 11.7. The minimum absolute atomic E-state index is 0.0707. The lowest BCUT2D eigenvalue weighted by molar-refractivity contribution is -0.370. The third-order valence-corrected chi connectivity index (χ3v) is 11.6. The summed E-state index contributed by atoms with van der Waals surface area (Å²) in [5.41, 5.74) is -2.28. The van der Waals surface area contributed by atoms with E-state index in [2.05, 4.69) is 20.4 Å². The van der Waals surface area contributed by atoms with Crippen LogP contribution >= 0.6 is 0 Å². The highest BCUT2D eigenvalue weighted by Crippen LogP contribution is 2.63. The molecule has 11 heteroatoms. The molecule has 11 nitrogen and oxygen atoms in total. The summed E-state index contributed by atoms with van der Waals surface area (Å²) >= 11 is 0. The molecule has 0 aromatic heterocycles. The highest BCUT2D eigenvalue weighted by molar-refractivity contribution is 5.09. The number of rotatable bonds is 9. The normalized spacial score (nSPS) is 52.2. The van der Waals surface area contributed by atoms with Crippen molar-refractivity contribution in [3.8, 4) is 0 Å². The van der Waals surface area contributed by atoms with Crippen molar-refractivity contribution in [3.05, 3.63) is 12.7 Å². The maximum absolute atomic E-state index is 11.7. The molecule has 0 bridgehead atoms. The number of fused-ring (bicyclic) bond motifs is 1. The Morgan fingerprint density at radius 3 is 2.09 bits per heavy atom. The van der Waals surface area contributed by atoms with E-state index < -0.39 is 72.6 Å². The molecule has 2 aliphatic heterocycles. The van der Waals surface area contributed by atoms with Gasteiger partial charge in [0, 0.05) is 6.61 Å². The lowest BCUT2D eigenvalue weighted by Crippen LogP contribution is -2.64. The van der Waals surface area contributed by atoms with E-state index in [1.165, 1.54) is 6.92 Å². The number of hydrogen-bond acceptors (Lipinski definition) is 11. The van der Waals surface area contributed by atoms with Crippen molar-refractivity contribution >= 4 is 0 Å². The topological polar surface area (TPSA) is 179 Å². The van der Waals surface area contributed by atoms with E-state index in [4.69, 9.17) is 18.9 Å². The molecule has 16 atom stereocenters. The van der Waals surface area contributed by atoms with E-state index in [9.17, 15) is 35.7 Å². The molecule has 0 spiro atoms. The van der Waals surface area contributed by atoms with Gasteiger partial charge in [-0.05, 0) is 88.9 Å². The van der Waals surface area contributed by atoms with Gasteiger partial charge in [-0.15, -0.1) is 6.58 Å². The summed E-state index contributed by atoms with van der Waals surface area (Å²) in [6.45, 7) is 15.4. The molecular weight excluding hydrogens is 560 g/mol. The highest BCUT2D eigenvalue weighted by atomic mass is 16.8. The average Bonchev–Trinajstić information content (AvgIpc) is 2.94. The summed E-state index contributed by atoms with van der Waals surface area (Å²) in [5, 5.41) is 74.5. The van der Waals surface area contributed by atoms with Crippen LogP contribution in [0.5, 0.6) is 0 Å². The molecule has 4 rings (SSSR count). The van der Waals surface area contributed by atoms with Crippen molar-refractivity contribution in [1.82, 2.24) is 0 Å². The van der Waals surface area contributed by atoms with Crippen LogP contribution in [0, 0.1) is 22.7 Å². The maximum Gasteiger partial charge on any atom is 0.187 e. The van der Waals surface area contributed by atoms with E-state index in [1.807, 2.05) is 13.8 Å². The van der Waals surface area contributed by atoms with Gasteiger partial charge in [0.2, 0.25) is 0 Å². The average molecular weight is 617 g/mol. The van der Waals surface area contributed by atoms with Crippen LogP contribution < -0.4 is 0 Å². The molecule has 0 unspecified atom stereocenters. The predicted molar refractivity (Wildman–Crippen MR) is 156 cm³/mol. The summed E-state index contributed by atoms with van der Waals surface area (Å²) < 4.78 is 23.9. The minimum Gasteiger partial charge on any atom is -0.396 e. The van der Waals surface area contributed by atoms with E-state index in [-0.39, 0.29) is 29.3 Å². The van der Waals surface area contributed by atoms with Gasteiger partial charge >= 0.3 is 0 Å². The zero-order chi connectivity index (χ0) is 32.1. The van der Waals surface area contributed by atoms with Gasteiger partial charge in [0.1, 0.15) is 36.6 Å². The number of aliphatic hydroxyl groups is 7. The minimum atomic E-state index is -1.62.